The second-order valence-electron chi connectivity index (χ2n) is 11.1. The van der Waals surface area contributed by atoms with E-state index >= 15 is 0 Å². The van der Waals surface area contributed by atoms with Crippen LogP contribution in [-0.2, 0) is 22.9 Å². The molecule has 2 N–H and O–H groups in total. The van der Waals surface area contributed by atoms with Gasteiger partial charge >= 0.3 is 11.7 Å². The summed E-state index contributed by atoms with van der Waals surface area (Å²) in [6, 6.07) is 13.9. The number of benzene rings is 3. The Labute approximate surface area is 275 Å². The number of urea groups is 1. The molecule has 0 atom stereocenters. The highest BCUT2D eigenvalue weighted by Gasteiger charge is 2.25. The zero-order valence-corrected chi connectivity index (χ0v) is 27.4. The van der Waals surface area contributed by atoms with E-state index in [0.717, 1.165) is 38.9 Å². The van der Waals surface area contributed by atoms with Gasteiger partial charge in [0.25, 0.3) is 12.0 Å². The van der Waals surface area contributed by atoms with Gasteiger partial charge in [-0.1, -0.05) is 18.2 Å². The van der Waals surface area contributed by atoms with Crippen molar-refractivity contribution < 1.29 is 30.8 Å². The van der Waals surface area contributed by atoms with Crippen molar-refractivity contribution in [3.8, 4) is 16.1 Å². The standard InChI is InChI=1S/C32H29F4N5O5S2/c1-39(2)16-23-27-29(42)41(20-11-13-21(14-12-20)48(3,45)46)32(44)40(17-22-24(33)5-4-6-25(22)34)30(27)47-28(23)18-7-9-19(10-8-18)38-31(43)37-15-26(35)36/h4-14,26H,15-17H2,1-3H3,(H2,37,38,43). The largest absolute Gasteiger partial charge is 0.337 e. The summed E-state index contributed by atoms with van der Waals surface area (Å²) in [6.45, 7) is -1.18. The van der Waals surface area contributed by atoms with Crippen molar-refractivity contribution >= 4 is 43.1 Å². The monoisotopic (exact) mass is 703 g/mol. The number of anilines is 1. The van der Waals surface area contributed by atoms with Gasteiger partial charge in [0.15, 0.2) is 9.84 Å². The van der Waals surface area contributed by atoms with Crippen molar-refractivity contribution in [3.05, 3.63) is 110 Å². The molecule has 5 aromatic rings. The number of hydrogen-bond donors (Lipinski definition) is 2. The van der Waals surface area contributed by atoms with Crippen molar-refractivity contribution in [1.82, 2.24) is 19.4 Å². The maximum atomic E-state index is 14.9. The maximum absolute atomic E-state index is 14.9. The molecule has 0 aliphatic carbocycles. The summed E-state index contributed by atoms with van der Waals surface area (Å²) in [5, 5.41) is 4.61. The highest BCUT2D eigenvalue weighted by atomic mass is 32.2. The summed E-state index contributed by atoms with van der Waals surface area (Å²) in [5.41, 5.74) is -0.598. The molecule has 5 rings (SSSR count). The molecule has 2 amide bonds. The Hall–Kier alpha value is -4.80. The van der Waals surface area contributed by atoms with Gasteiger partial charge in [0.2, 0.25) is 0 Å². The minimum absolute atomic E-state index is 0.0373. The molecular formula is C32H29F4N5O5S2. The Morgan fingerprint density at radius 1 is 0.938 bits per heavy atom. The number of alkyl halides is 2. The fourth-order valence-electron chi connectivity index (χ4n) is 5.07. The summed E-state index contributed by atoms with van der Waals surface area (Å²) in [4.78, 5) is 42.8. The lowest BCUT2D eigenvalue weighted by Crippen LogP contribution is -2.39. The molecule has 0 spiro atoms. The number of sulfone groups is 1. The molecule has 252 valence electrons. The smallest absolute Gasteiger partial charge is 0.332 e. The highest BCUT2D eigenvalue weighted by Crippen LogP contribution is 2.38. The first kappa shape index (κ1) is 34.5. The molecule has 0 saturated carbocycles. The number of carbonyl (C=O) groups is 1. The van der Waals surface area contributed by atoms with E-state index in [1.54, 1.807) is 31.1 Å². The number of fused-ring (bicyclic) bond motifs is 1. The normalized spacial score (nSPS) is 11.9. The van der Waals surface area contributed by atoms with Gasteiger partial charge in [0.1, 0.15) is 16.5 Å². The molecule has 48 heavy (non-hydrogen) atoms. The Morgan fingerprint density at radius 2 is 1.56 bits per heavy atom. The number of nitrogens with zero attached hydrogens (tertiary/aromatic N) is 3. The predicted molar refractivity (Wildman–Crippen MR) is 176 cm³/mol. The fraction of sp³-hybridized carbons (Fsp3) is 0.219. The van der Waals surface area contributed by atoms with Gasteiger partial charge in [-0.2, -0.15) is 0 Å². The van der Waals surface area contributed by atoms with Crippen LogP contribution in [0.3, 0.4) is 0 Å². The minimum Gasteiger partial charge on any atom is -0.332 e. The molecule has 0 saturated heterocycles. The average Bonchev–Trinajstić information content (AvgIpc) is 3.38. The molecule has 16 heteroatoms. The van der Waals surface area contributed by atoms with E-state index in [1.165, 1.54) is 42.5 Å². The topological polar surface area (TPSA) is 123 Å². The summed E-state index contributed by atoms with van der Waals surface area (Å²) >= 11 is 1.06. The first-order valence-corrected chi connectivity index (χ1v) is 17.0. The van der Waals surface area contributed by atoms with Gasteiger partial charge in [-0.25, -0.2) is 40.1 Å². The van der Waals surface area contributed by atoms with Crippen LogP contribution in [0.15, 0.2) is 81.2 Å². The van der Waals surface area contributed by atoms with Gasteiger partial charge in [-0.15, -0.1) is 11.3 Å². The van der Waals surface area contributed by atoms with Crippen LogP contribution in [0.2, 0.25) is 0 Å². The average molecular weight is 704 g/mol. The Morgan fingerprint density at radius 3 is 2.12 bits per heavy atom. The zero-order chi connectivity index (χ0) is 34.9. The van der Waals surface area contributed by atoms with Crippen molar-refractivity contribution in [2.75, 3.05) is 32.2 Å². The van der Waals surface area contributed by atoms with Gasteiger partial charge in [-0.05, 0) is 73.8 Å². The number of rotatable bonds is 10. The number of aromatic nitrogens is 2. The van der Waals surface area contributed by atoms with Crippen molar-refractivity contribution in [1.29, 1.82) is 0 Å². The molecule has 2 heterocycles. The molecule has 0 radical (unpaired) electrons. The van der Waals surface area contributed by atoms with Crippen LogP contribution in [0.4, 0.5) is 28.0 Å². The van der Waals surface area contributed by atoms with Gasteiger partial charge < -0.3 is 15.5 Å². The molecular weight excluding hydrogens is 675 g/mol. The second-order valence-corrected chi connectivity index (χ2v) is 14.1. The summed E-state index contributed by atoms with van der Waals surface area (Å²) in [6.07, 6.45) is -1.70. The van der Waals surface area contributed by atoms with Crippen LogP contribution >= 0.6 is 11.3 Å². The number of hydrogen-bond acceptors (Lipinski definition) is 7. The first-order chi connectivity index (χ1) is 22.6. The number of halogens is 4. The van der Waals surface area contributed by atoms with Crippen LogP contribution in [0, 0.1) is 11.6 Å². The van der Waals surface area contributed by atoms with Crippen molar-refractivity contribution in [2.24, 2.45) is 0 Å². The third-order valence-corrected chi connectivity index (χ3v) is 9.70. The third kappa shape index (κ3) is 7.19. The van der Waals surface area contributed by atoms with Crippen LogP contribution in [0.25, 0.3) is 26.3 Å². The van der Waals surface area contributed by atoms with Crippen molar-refractivity contribution in [3.63, 3.8) is 0 Å². The van der Waals surface area contributed by atoms with E-state index in [9.17, 15) is 40.4 Å². The molecule has 3 aromatic carbocycles. The number of amides is 2. The van der Waals surface area contributed by atoms with Crippen LogP contribution in [0.5, 0.6) is 0 Å². The molecule has 10 nitrogen and oxygen atoms in total. The third-order valence-electron chi connectivity index (χ3n) is 7.27. The number of carbonyl (C=O) groups excluding carboxylic acids is 1. The SMILES string of the molecule is CN(C)Cc1c(-c2ccc(NC(=O)NCC(F)F)cc2)sc2c1c(=O)n(-c1ccc(S(C)(=O)=O)cc1)c(=O)n2Cc1c(F)cccc1F. The predicted octanol–water partition coefficient (Wildman–Crippen LogP) is 5.06. The summed E-state index contributed by atoms with van der Waals surface area (Å²) in [7, 11) is -0.0550. The van der Waals surface area contributed by atoms with Crippen LogP contribution in [0.1, 0.15) is 11.1 Å². The summed E-state index contributed by atoms with van der Waals surface area (Å²) < 4.78 is 80.8. The van der Waals surface area contributed by atoms with E-state index in [4.69, 9.17) is 0 Å². The van der Waals surface area contributed by atoms with Gasteiger partial charge in [0.05, 0.1) is 29.1 Å². The lowest BCUT2D eigenvalue weighted by molar-refractivity contribution is 0.148. The quantitative estimate of drug-likeness (QED) is 0.196. The van der Waals surface area contributed by atoms with E-state index < -0.39 is 63.8 Å². The molecule has 0 aliphatic heterocycles. The Balaban J connectivity index is 1.74. The van der Waals surface area contributed by atoms with Crippen molar-refractivity contribution in [2.45, 2.75) is 24.4 Å². The Kier molecular flexibility index (Phi) is 9.89. The minimum atomic E-state index is -3.59. The maximum Gasteiger partial charge on any atom is 0.337 e. The Bertz CT molecular complexity index is 2210. The molecule has 2 aromatic heterocycles. The van der Waals surface area contributed by atoms with E-state index in [0.29, 0.717) is 21.7 Å². The lowest BCUT2D eigenvalue weighted by atomic mass is 10.1. The highest BCUT2D eigenvalue weighted by molar-refractivity contribution is 7.90. The lowest BCUT2D eigenvalue weighted by Gasteiger charge is -2.15. The molecule has 0 fully saturated rings. The van der Waals surface area contributed by atoms with Crippen LogP contribution < -0.4 is 21.9 Å². The first-order valence-electron chi connectivity index (χ1n) is 14.3. The summed E-state index contributed by atoms with van der Waals surface area (Å²) in [5.74, 6) is -1.78. The van der Waals surface area contributed by atoms with E-state index in [-0.39, 0.29) is 27.3 Å². The fourth-order valence-corrected chi connectivity index (χ4v) is 7.00. The van der Waals surface area contributed by atoms with Gasteiger partial charge in [-0.3, -0.25) is 9.36 Å². The van der Waals surface area contributed by atoms with Crippen LogP contribution in [-0.4, -0.2) is 61.8 Å². The molecule has 0 aliphatic rings. The zero-order valence-electron chi connectivity index (χ0n) is 25.8. The van der Waals surface area contributed by atoms with Gasteiger partial charge in [0, 0.05) is 28.9 Å². The molecule has 0 unspecified atom stereocenters. The van der Waals surface area contributed by atoms with E-state index in [2.05, 4.69) is 5.32 Å². The molecule has 0 bridgehead atoms. The van der Waals surface area contributed by atoms with E-state index in [1.807, 2.05) is 5.32 Å². The number of thiophene rings is 1. The second kappa shape index (κ2) is 13.7. The number of nitrogens with one attached hydrogen (secondary N) is 2.